The molecule has 5 heterocycles. The number of anilines is 1. The molecule has 5 aromatic rings. The summed E-state index contributed by atoms with van der Waals surface area (Å²) in [6.45, 7) is 20.4. The monoisotopic (exact) mass is 989 g/mol. The van der Waals surface area contributed by atoms with E-state index in [1.165, 1.54) is 4.90 Å². The largest absolute Gasteiger partial charge is 0.489 e. The Morgan fingerprint density at radius 3 is 2.36 bits per heavy atom. The van der Waals surface area contributed by atoms with Gasteiger partial charge < -0.3 is 34.8 Å². The Kier molecular flexibility index (Phi) is 15.0. The van der Waals surface area contributed by atoms with Crippen LogP contribution in [0.2, 0.25) is 5.02 Å². The van der Waals surface area contributed by atoms with E-state index in [2.05, 4.69) is 64.3 Å². The first-order chi connectivity index (χ1) is 33.3. The lowest BCUT2D eigenvalue weighted by molar-refractivity contribution is -0.164. The van der Waals surface area contributed by atoms with Crippen molar-refractivity contribution in [2.45, 2.75) is 111 Å². The molecule has 0 bridgehead atoms. The molecule has 3 aliphatic rings. The molecule has 3 aromatic heterocycles. The van der Waals surface area contributed by atoms with E-state index in [1.54, 1.807) is 35.7 Å². The molecule has 0 spiro atoms. The molecule has 4 atom stereocenters. The van der Waals surface area contributed by atoms with Crippen molar-refractivity contribution in [3.63, 3.8) is 0 Å². The van der Waals surface area contributed by atoms with Gasteiger partial charge in [0.25, 0.3) is 5.91 Å². The number of β-amino-alcohol motifs (C(OH)–C–C–N with tert-alkyl or cyclic N) is 1. The van der Waals surface area contributed by atoms with Crippen molar-refractivity contribution >= 4 is 46.5 Å². The van der Waals surface area contributed by atoms with Gasteiger partial charge in [-0.25, -0.2) is 9.97 Å². The van der Waals surface area contributed by atoms with Crippen LogP contribution in [0.1, 0.15) is 112 Å². The summed E-state index contributed by atoms with van der Waals surface area (Å²) in [7, 11) is 0. The number of rotatable bonds is 16. The Labute approximate surface area is 419 Å². The molecule has 0 radical (unpaired) electrons. The zero-order valence-corrected chi connectivity index (χ0v) is 42.8. The Balaban J connectivity index is 0.786. The summed E-state index contributed by atoms with van der Waals surface area (Å²) < 4.78 is 12.2. The fourth-order valence-corrected chi connectivity index (χ4v) is 11.9. The van der Waals surface area contributed by atoms with E-state index in [1.807, 2.05) is 75.7 Å². The number of benzene rings is 2. The number of aromatic nitrogens is 3. The smallest absolute Gasteiger partial charge is 0.253 e. The lowest BCUT2D eigenvalue weighted by Gasteiger charge is -2.63. The van der Waals surface area contributed by atoms with Crippen molar-refractivity contribution < 1.29 is 28.8 Å². The first-order valence-electron chi connectivity index (χ1n) is 24.2. The number of nitriles is 1. The van der Waals surface area contributed by atoms with Gasteiger partial charge in [-0.3, -0.25) is 19.3 Å². The minimum absolute atomic E-state index is 0.0696. The second kappa shape index (κ2) is 20.8. The van der Waals surface area contributed by atoms with Crippen molar-refractivity contribution in [3.8, 4) is 22.3 Å². The second-order valence-electron chi connectivity index (χ2n) is 20.6. The van der Waals surface area contributed by atoms with Gasteiger partial charge in [0.05, 0.1) is 50.1 Å². The number of nitrogens with one attached hydrogen (secondary N) is 2. The standard InChI is InChI=1S/C53H64ClN9O6S/c1-31(2)45(49(67)63-29-39(64)25-42(63)48(66)58-32(3)34-11-13-35(14-12-34)46-33(4)57-30-70-46)43-24-38(60-69-43)10-9-19-61-20-22-62(23-21-61)44-18-16-37(28-56-44)47(65)59-50-52(5,6)51(53(50,7)8)68-40-17-15-36(27-55)41(54)26-40/h11-18,24,26,28,30-32,39,42,45,50-51,64H,9-10,19-23,25,29H2,1-8H3,(H,58,66)(H,59,65)/t32-,39+,42-,45+,50-,51-/m0/s1. The quantitative estimate of drug-likeness (QED) is 0.0866. The number of likely N-dealkylation sites (tertiary alicyclic amines) is 1. The fraction of sp³-hybridized carbons (Fsp3) is 0.491. The molecule has 8 rings (SSSR count). The van der Waals surface area contributed by atoms with Gasteiger partial charge in [-0.1, -0.05) is 82.6 Å². The molecule has 3 N–H and O–H groups in total. The van der Waals surface area contributed by atoms with Crippen LogP contribution in [-0.2, 0) is 16.0 Å². The molecule has 2 aromatic carbocycles. The highest BCUT2D eigenvalue weighted by Gasteiger charge is 2.64. The van der Waals surface area contributed by atoms with Crippen LogP contribution in [0.25, 0.3) is 10.4 Å². The minimum atomic E-state index is -0.814. The van der Waals surface area contributed by atoms with Crippen molar-refractivity contribution in [1.82, 2.24) is 35.6 Å². The number of aliphatic hydroxyl groups excluding tert-OH is 1. The molecule has 3 amide bonds. The van der Waals surface area contributed by atoms with Crippen LogP contribution in [0.4, 0.5) is 5.82 Å². The number of amides is 3. The summed E-state index contributed by atoms with van der Waals surface area (Å²) in [5.41, 5.74) is 5.70. The number of halogens is 1. The molecule has 2 saturated heterocycles. The third kappa shape index (κ3) is 10.6. The normalized spacial score (nSPS) is 21.7. The van der Waals surface area contributed by atoms with Crippen molar-refractivity contribution in [1.29, 1.82) is 5.26 Å². The lowest BCUT2D eigenvalue weighted by atomic mass is 9.49. The van der Waals surface area contributed by atoms with E-state index in [9.17, 15) is 24.8 Å². The summed E-state index contributed by atoms with van der Waals surface area (Å²) in [4.78, 5) is 57.8. The molecule has 0 unspecified atom stereocenters. The molecule has 2 aliphatic heterocycles. The van der Waals surface area contributed by atoms with E-state index >= 15 is 0 Å². The highest BCUT2D eigenvalue weighted by Crippen LogP contribution is 2.55. The number of thiazole rings is 1. The van der Waals surface area contributed by atoms with Crippen molar-refractivity contribution in [2.24, 2.45) is 16.7 Å². The van der Waals surface area contributed by atoms with Crippen LogP contribution >= 0.6 is 22.9 Å². The van der Waals surface area contributed by atoms with E-state index in [4.69, 9.17) is 25.8 Å². The summed E-state index contributed by atoms with van der Waals surface area (Å²) in [5, 5.41) is 31.0. The molecule has 15 nitrogen and oxygen atoms in total. The molecule has 370 valence electrons. The maximum Gasteiger partial charge on any atom is 0.253 e. The Hall–Kier alpha value is -5.86. The molecule has 1 saturated carbocycles. The number of pyridine rings is 1. The fourth-order valence-electron chi connectivity index (χ4n) is 10.9. The highest BCUT2D eigenvalue weighted by atomic mass is 35.5. The van der Waals surface area contributed by atoms with Crippen LogP contribution in [0.15, 0.2) is 76.9 Å². The molecule has 17 heteroatoms. The number of ether oxygens (including phenoxy) is 1. The van der Waals surface area contributed by atoms with Gasteiger partial charge in [0.1, 0.15) is 41.5 Å². The van der Waals surface area contributed by atoms with Gasteiger partial charge in [0, 0.05) is 74.3 Å². The van der Waals surface area contributed by atoms with E-state index in [-0.39, 0.29) is 65.6 Å². The summed E-state index contributed by atoms with van der Waals surface area (Å²) in [6, 6.07) is 19.5. The van der Waals surface area contributed by atoms with Gasteiger partial charge in [-0.05, 0) is 74.5 Å². The van der Waals surface area contributed by atoms with Crippen LogP contribution in [-0.4, -0.2) is 111 Å². The van der Waals surface area contributed by atoms with Crippen LogP contribution < -0.4 is 20.3 Å². The maximum absolute atomic E-state index is 14.3. The lowest BCUT2D eigenvalue weighted by Crippen LogP contribution is -2.74. The summed E-state index contributed by atoms with van der Waals surface area (Å²) in [5.74, 6) is 0.325. The number of nitrogens with zero attached hydrogens (tertiary/aromatic N) is 7. The molecular weight excluding hydrogens is 926 g/mol. The summed E-state index contributed by atoms with van der Waals surface area (Å²) in [6.07, 6.45) is 2.32. The Morgan fingerprint density at radius 1 is 1.00 bits per heavy atom. The predicted molar refractivity (Wildman–Crippen MR) is 270 cm³/mol. The zero-order valence-electron chi connectivity index (χ0n) is 41.2. The molecular formula is C53H64ClN9O6S. The average Bonchev–Trinajstić information content (AvgIpc) is 4.10. The van der Waals surface area contributed by atoms with Crippen molar-refractivity contribution in [3.05, 3.63) is 111 Å². The van der Waals surface area contributed by atoms with Crippen LogP contribution in [0, 0.1) is 35.0 Å². The van der Waals surface area contributed by atoms with Gasteiger partial charge in [-0.2, -0.15) is 5.26 Å². The number of carbonyl (C=O) groups is 3. The number of aliphatic hydroxyl groups is 1. The summed E-state index contributed by atoms with van der Waals surface area (Å²) >= 11 is 7.85. The Morgan fingerprint density at radius 2 is 1.73 bits per heavy atom. The highest BCUT2D eigenvalue weighted by molar-refractivity contribution is 7.13. The van der Waals surface area contributed by atoms with Gasteiger partial charge >= 0.3 is 0 Å². The zero-order chi connectivity index (χ0) is 50.1. The average molecular weight is 991 g/mol. The SMILES string of the molecule is Cc1ncsc1-c1ccc([C@H](C)NC(=O)[C@@H]2C[C@@H](O)CN2C(=O)[C@@H](c2cc(CCCN3CCN(c4ccc(C(=O)N[C@H]5C(C)(C)[C@H](Oc6ccc(C#N)c(Cl)c6)C5(C)C)cn4)CC3)no2)C(C)C)cc1. The first-order valence-corrected chi connectivity index (χ1v) is 25.5. The number of piperazine rings is 1. The first kappa shape index (κ1) is 50.5. The van der Waals surface area contributed by atoms with Gasteiger partial charge in [-0.15, -0.1) is 11.3 Å². The third-order valence-electron chi connectivity index (χ3n) is 14.5. The van der Waals surface area contributed by atoms with Gasteiger partial charge in [0.15, 0.2) is 0 Å². The number of carbonyl (C=O) groups excluding carboxylic acids is 3. The van der Waals surface area contributed by atoms with E-state index < -0.39 is 18.1 Å². The number of aryl methyl sites for hydroxylation is 2. The topological polar surface area (TPSA) is 190 Å². The van der Waals surface area contributed by atoms with Crippen LogP contribution in [0.3, 0.4) is 0 Å². The molecule has 3 fully saturated rings. The second-order valence-corrected chi connectivity index (χ2v) is 21.9. The van der Waals surface area contributed by atoms with Crippen molar-refractivity contribution in [2.75, 3.05) is 44.2 Å². The maximum atomic E-state index is 14.3. The van der Waals surface area contributed by atoms with E-state index in [0.29, 0.717) is 34.1 Å². The molecule has 1 aliphatic carbocycles. The number of hydrogen-bond donors (Lipinski definition) is 3. The van der Waals surface area contributed by atoms with E-state index in [0.717, 1.165) is 72.4 Å². The van der Waals surface area contributed by atoms with Crippen LogP contribution in [0.5, 0.6) is 5.75 Å². The number of hydrogen-bond acceptors (Lipinski definition) is 13. The third-order valence-corrected chi connectivity index (χ3v) is 15.8. The minimum Gasteiger partial charge on any atom is -0.489 e. The Bertz CT molecular complexity index is 2690. The van der Waals surface area contributed by atoms with Gasteiger partial charge in [0.2, 0.25) is 11.8 Å². The predicted octanol–water partition coefficient (Wildman–Crippen LogP) is 7.97. The molecule has 70 heavy (non-hydrogen) atoms.